The van der Waals surface area contributed by atoms with Crippen LogP contribution in [0.3, 0.4) is 0 Å². The van der Waals surface area contributed by atoms with Crippen molar-refractivity contribution in [2.75, 3.05) is 19.6 Å². The van der Waals surface area contributed by atoms with Crippen molar-refractivity contribution in [2.24, 2.45) is 0 Å². The Kier molecular flexibility index (Phi) is 2.92. The first-order valence-corrected chi connectivity index (χ1v) is 6.62. The van der Waals surface area contributed by atoms with Crippen LogP contribution in [0.5, 0.6) is 0 Å². The summed E-state index contributed by atoms with van der Waals surface area (Å²) in [6.45, 7) is 8.90. The minimum absolute atomic E-state index is 0.626. The fourth-order valence-electron chi connectivity index (χ4n) is 3.17. The normalized spacial score (nSPS) is 30.7. The van der Waals surface area contributed by atoms with Crippen molar-refractivity contribution in [1.82, 2.24) is 15.0 Å². The second kappa shape index (κ2) is 4.42. The summed E-state index contributed by atoms with van der Waals surface area (Å²) in [6.07, 6.45) is 2.73. The molecule has 1 aromatic heterocycles. The maximum Gasteiger partial charge on any atom is 0.133 e. The maximum absolute atomic E-state index is 5.14. The fourth-order valence-corrected chi connectivity index (χ4v) is 3.17. The van der Waals surface area contributed by atoms with Crippen molar-refractivity contribution in [3.8, 4) is 0 Å². The van der Waals surface area contributed by atoms with Crippen molar-refractivity contribution in [1.29, 1.82) is 0 Å². The predicted octanol–water partition coefficient (Wildman–Crippen LogP) is 1.65. The quantitative estimate of drug-likeness (QED) is 0.780. The van der Waals surface area contributed by atoms with Gasteiger partial charge in [-0.2, -0.15) is 0 Å². The number of rotatable bonds is 2. The van der Waals surface area contributed by atoms with Crippen molar-refractivity contribution in [3.63, 3.8) is 0 Å². The van der Waals surface area contributed by atoms with Crippen molar-refractivity contribution in [3.05, 3.63) is 17.5 Å². The Bertz CT molecular complexity index is 390. The molecule has 4 nitrogen and oxygen atoms in total. The van der Waals surface area contributed by atoms with E-state index in [4.69, 9.17) is 4.52 Å². The van der Waals surface area contributed by atoms with E-state index < -0.39 is 0 Å². The second-order valence-corrected chi connectivity index (χ2v) is 5.50. The molecule has 0 N–H and O–H groups in total. The third kappa shape index (κ3) is 2.24. The van der Waals surface area contributed by atoms with Crippen molar-refractivity contribution in [2.45, 2.75) is 45.3 Å². The Morgan fingerprint density at radius 3 is 3.12 bits per heavy atom. The monoisotopic (exact) mass is 235 g/mol. The first-order chi connectivity index (χ1) is 8.22. The molecule has 2 saturated heterocycles. The molecule has 94 valence electrons. The lowest BCUT2D eigenvalue weighted by atomic mass is 10.1. The summed E-state index contributed by atoms with van der Waals surface area (Å²) < 4.78 is 5.14. The molecule has 0 spiro atoms. The SMILES string of the molecule is Cc1cc(CN2CC3CCCN3CC2C)no1. The van der Waals surface area contributed by atoms with Gasteiger partial charge in [-0.1, -0.05) is 5.16 Å². The molecule has 2 aliphatic heterocycles. The third-order valence-electron chi connectivity index (χ3n) is 4.11. The van der Waals surface area contributed by atoms with Crippen LogP contribution < -0.4 is 0 Å². The van der Waals surface area contributed by atoms with Crippen LogP contribution in [-0.2, 0) is 6.54 Å². The summed E-state index contributed by atoms with van der Waals surface area (Å²) >= 11 is 0. The van der Waals surface area contributed by atoms with Gasteiger partial charge in [0.25, 0.3) is 0 Å². The summed E-state index contributed by atoms with van der Waals surface area (Å²) in [5, 5.41) is 4.10. The average molecular weight is 235 g/mol. The molecule has 0 amide bonds. The smallest absolute Gasteiger partial charge is 0.133 e. The van der Waals surface area contributed by atoms with E-state index in [2.05, 4.69) is 21.9 Å². The van der Waals surface area contributed by atoms with E-state index >= 15 is 0 Å². The van der Waals surface area contributed by atoms with Crippen LogP contribution in [0.15, 0.2) is 10.6 Å². The highest BCUT2D eigenvalue weighted by molar-refractivity contribution is 5.04. The molecule has 0 saturated carbocycles. The topological polar surface area (TPSA) is 32.5 Å². The first kappa shape index (κ1) is 11.2. The van der Waals surface area contributed by atoms with Gasteiger partial charge in [0.15, 0.2) is 0 Å². The molecule has 1 aromatic rings. The van der Waals surface area contributed by atoms with E-state index in [0.717, 1.165) is 24.0 Å². The Balaban J connectivity index is 1.66. The second-order valence-electron chi connectivity index (χ2n) is 5.50. The van der Waals surface area contributed by atoms with Crippen LogP contribution in [0.1, 0.15) is 31.2 Å². The van der Waals surface area contributed by atoms with Crippen LogP contribution in [0.4, 0.5) is 0 Å². The lowest BCUT2D eigenvalue weighted by Crippen LogP contribution is -2.54. The molecule has 3 heterocycles. The molecule has 0 bridgehead atoms. The molecule has 0 aliphatic carbocycles. The number of nitrogens with zero attached hydrogens (tertiary/aromatic N) is 3. The van der Waals surface area contributed by atoms with E-state index in [1.54, 1.807) is 0 Å². The van der Waals surface area contributed by atoms with Crippen LogP contribution in [0.25, 0.3) is 0 Å². The molecule has 2 atom stereocenters. The van der Waals surface area contributed by atoms with Gasteiger partial charge in [0.05, 0.1) is 5.69 Å². The van der Waals surface area contributed by atoms with E-state index in [1.165, 1.54) is 32.5 Å². The standard InChI is InChI=1S/C13H21N3O/c1-10-7-15-5-3-4-13(15)9-16(10)8-12-6-11(2)17-14-12/h6,10,13H,3-5,7-9H2,1-2H3. The highest BCUT2D eigenvalue weighted by Gasteiger charge is 2.34. The van der Waals surface area contributed by atoms with E-state index in [9.17, 15) is 0 Å². The number of hydrogen-bond acceptors (Lipinski definition) is 4. The average Bonchev–Trinajstić information content (AvgIpc) is 2.88. The Morgan fingerprint density at radius 1 is 1.47 bits per heavy atom. The number of aryl methyl sites for hydroxylation is 1. The molecule has 3 rings (SSSR count). The summed E-state index contributed by atoms with van der Waals surface area (Å²) in [4.78, 5) is 5.19. The molecule has 2 fully saturated rings. The number of fused-ring (bicyclic) bond motifs is 1. The zero-order valence-electron chi connectivity index (χ0n) is 10.7. The fraction of sp³-hybridized carbons (Fsp3) is 0.769. The van der Waals surface area contributed by atoms with Crippen LogP contribution in [0.2, 0.25) is 0 Å². The summed E-state index contributed by atoms with van der Waals surface area (Å²) in [5.74, 6) is 0.909. The molecular formula is C13H21N3O. The van der Waals surface area contributed by atoms with Crippen LogP contribution in [-0.4, -0.2) is 46.7 Å². The summed E-state index contributed by atoms with van der Waals surface area (Å²) in [7, 11) is 0. The Labute approximate surface area is 103 Å². The van der Waals surface area contributed by atoms with E-state index in [0.29, 0.717) is 6.04 Å². The van der Waals surface area contributed by atoms with Crippen molar-refractivity contribution >= 4 is 0 Å². The minimum atomic E-state index is 0.626. The van der Waals surface area contributed by atoms with Crippen molar-refractivity contribution < 1.29 is 4.52 Å². The van der Waals surface area contributed by atoms with Gasteiger partial charge in [-0.05, 0) is 33.2 Å². The molecule has 0 aromatic carbocycles. The van der Waals surface area contributed by atoms with Gasteiger partial charge in [-0.25, -0.2) is 0 Å². The lowest BCUT2D eigenvalue weighted by molar-refractivity contribution is 0.0525. The van der Waals surface area contributed by atoms with Crippen LogP contribution >= 0.6 is 0 Å². The van der Waals surface area contributed by atoms with E-state index in [-0.39, 0.29) is 0 Å². The van der Waals surface area contributed by atoms with Gasteiger partial charge in [0, 0.05) is 37.8 Å². The zero-order chi connectivity index (χ0) is 11.8. The Hall–Kier alpha value is -0.870. The van der Waals surface area contributed by atoms with Gasteiger partial charge in [-0.3, -0.25) is 9.80 Å². The Morgan fingerprint density at radius 2 is 2.35 bits per heavy atom. The molecular weight excluding hydrogens is 214 g/mol. The van der Waals surface area contributed by atoms with Gasteiger partial charge < -0.3 is 4.52 Å². The number of piperazine rings is 1. The maximum atomic E-state index is 5.14. The lowest BCUT2D eigenvalue weighted by Gasteiger charge is -2.41. The highest BCUT2D eigenvalue weighted by Crippen LogP contribution is 2.25. The van der Waals surface area contributed by atoms with Crippen LogP contribution in [0, 0.1) is 6.92 Å². The summed E-state index contributed by atoms with van der Waals surface area (Å²) in [5.41, 5.74) is 1.07. The zero-order valence-corrected chi connectivity index (χ0v) is 10.7. The van der Waals surface area contributed by atoms with Gasteiger partial charge in [0.1, 0.15) is 5.76 Å². The van der Waals surface area contributed by atoms with Gasteiger partial charge >= 0.3 is 0 Å². The summed E-state index contributed by atoms with van der Waals surface area (Å²) in [6, 6.07) is 3.45. The minimum Gasteiger partial charge on any atom is -0.361 e. The molecule has 17 heavy (non-hydrogen) atoms. The van der Waals surface area contributed by atoms with Gasteiger partial charge in [-0.15, -0.1) is 0 Å². The molecule has 4 heteroatoms. The van der Waals surface area contributed by atoms with E-state index in [1.807, 2.05) is 13.0 Å². The number of hydrogen-bond donors (Lipinski definition) is 0. The molecule has 0 radical (unpaired) electrons. The molecule has 2 unspecified atom stereocenters. The predicted molar refractivity (Wildman–Crippen MR) is 65.7 cm³/mol. The molecule has 2 aliphatic rings. The third-order valence-corrected chi connectivity index (χ3v) is 4.11. The first-order valence-electron chi connectivity index (χ1n) is 6.62. The number of aromatic nitrogens is 1. The largest absolute Gasteiger partial charge is 0.361 e. The van der Waals surface area contributed by atoms with Gasteiger partial charge in [0.2, 0.25) is 0 Å². The highest BCUT2D eigenvalue weighted by atomic mass is 16.5.